The average molecular weight is 288 g/mol. The molecule has 9 nitrogen and oxygen atoms in total. The number of hydrogen-bond donors (Lipinski definition) is 1. The lowest BCUT2D eigenvalue weighted by Crippen LogP contribution is -2.13. The molecule has 2 rings (SSSR count). The first-order chi connectivity index (χ1) is 9.97. The second kappa shape index (κ2) is 5.74. The molecule has 0 bridgehead atoms. The van der Waals surface area contributed by atoms with E-state index in [1.807, 2.05) is 0 Å². The Morgan fingerprint density at radius 2 is 1.67 bits per heavy atom. The third-order valence-electron chi connectivity index (χ3n) is 2.48. The van der Waals surface area contributed by atoms with Crippen molar-refractivity contribution in [3.05, 3.63) is 68.5 Å². The molecule has 1 amide bonds. The van der Waals surface area contributed by atoms with Gasteiger partial charge in [0.15, 0.2) is 0 Å². The van der Waals surface area contributed by atoms with Crippen LogP contribution in [-0.2, 0) is 0 Å². The quantitative estimate of drug-likeness (QED) is 0.677. The summed E-state index contributed by atoms with van der Waals surface area (Å²) in [5.74, 6) is -0.620. The molecule has 0 aliphatic heterocycles. The van der Waals surface area contributed by atoms with Gasteiger partial charge in [-0.3, -0.25) is 30.0 Å². The van der Waals surface area contributed by atoms with Crippen molar-refractivity contribution in [2.75, 3.05) is 5.32 Å². The molecule has 0 aliphatic rings. The maximum Gasteiger partial charge on any atom is 0.278 e. The summed E-state index contributed by atoms with van der Waals surface area (Å²) in [5.41, 5.74) is -0.931. The van der Waals surface area contributed by atoms with Crippen LogP contribution < -0.4 is 5.32 Å². The molecule has 1 N–H and O–H groups in total. The van der Waals surface area contributed by atoms with E-state index >= 15 is 0 Å². The van der Waals surface area contributed by atoms with Gasteiger partial charge in [-0.2, -0.15) is 0 Å². The summed E-state index contributed by atoms with van der Waals surface area (Å²) >= 11 is 0. The van der Waals surface area contributed by atoms with Crippen LogP contribution in [-0.4, -0.2) is 20.7 Å². The molecule has 0 aliphatic carbocycles. The summed E-state index contributed by atoms with van der Waals surface area (Å²) in [7, 11) is 0. The van der Waals surface area contributed by atoms with Gasteiger partial charge in [-0.05, 0) is 12.1 Å². The molecular formula is C12H8N4O5. The van der Waals surface area contributed by atoms with E-state index in [-0.39, 0.29) is 11.4 Å². The maximum atomic E-state index is 11.9. The molecule has 1 aromatic carbocycles. The van der Waals surface area contributed by atoms with E-state index in [1.165, 1.54) is 12.3 Å². The molecule has 0 fully saturated rings. The zero-order valence-electron chi connectivity index (χ0n) is 10.4. The number of carbonyl (C=O) groups excluding carboxylic acids is 1. The van der Waals surface area contributed by atoms with Crippen LogP contribution in [0.4, 0.5) is 17.1 Å². The average Bonchev–Trinajstić information content (AvgIpc) is 2.47. The predicted molar refractivity (Wildman–Crippen MR) is 71.9 cm³/mol. The fourth-order valence-corrected chi connectivity index (χ4v) is 1.57. The Morgan fingerprint density at radius 1 is 1.05 bits per heavy atom. The van der Waals surface area contributed by atoms with Gasteiger partial charge < -0.3 is 5.32 Å². The van der Waals surface area contributed by atoms with Gasteiger partial charge in [0.1, 0.15) is 5.69 Å². The van der Waals surface area contributed by atoms with Gasteiger partial charge >= 0.3 is 0 Å². The Balaban J connectivity index is 2.33. The summed E-state index contributed by atoms with van der Waals surface area (Å²) in [4.78, 5) is 35.6. The zero-order chi connectivity index (χ0) is 15.4. The summed E-state index contributed by atoms with van der Waals surface area (Å²) in [6.07, 6.45) is 1.41. The first-order valence-corrected chi connectivity index (χ1v) is 5.63. The summed E-state index contributed by atoms with van der Waals surface area (Å²) in [5, 5.41) is 23.8. The molecule has 0 spiro atoms. The molecule has 1 aromatic heterocycles. The summed E-state index contributed by atoms with van der Waals surface area (Å²) < 4.78 is 0. The largest absolute Gasteiger partial charge is 0.320 e. The van der Waals surface area contributed by atoms with E-state index in [1.54, 1.807) is 12.1 Å². The Bertz CT molecular complexity index is 685. The number of amides is 1. The molecule has 9 heteroatoms. The van der Waals surface area contributed by atoms with Gasteiger partial charge in [0.2, 0.25) is 0 Å². The second-order valence-electron chi connectivity index (χ2n) is 3.92. The van der Waals surface area contributed by atoms with E-state index in [4.69, 9.17) is 0 Å². The highest BCUT2D eigenvalue weighted by Crippen LogP contribution is 2.26. The van der Waals surface area contributed by atoms with Crippen LogP contribution in [0.1, 0.15) is 10.5 Å². The van der Waals surface area contributed by atoms with Crippen LogP contribution in [0.25, 0.3) is 0 Å². The van der Waals surface area contributed by atoms with Crippen molar-refractivity contribution < 1.29 is 14.6 Å². The Kier molecular flexibility index (Phi) is 3.84. The lowest BCUT2D eigenvalue weighted by molar-refractivity contribution is -0.394. The van der Waals surface area contributed by atoms with E-state index in [2.05, 4.69) is 10.3 Å². The first kappa shape index (κ1) is 14.1. The maximum absolute atomic E-state index is 11.9. The monoisotopic (exact) mass is 288 g/mol. The highest BCUT2D eigenvalue weighted by molar-refractivity contribution is 6.03. The van der Waals surface area contributed by atoms with Crippen molar-refractivity contribution in [2.45, 2.75) is 0 Å². The number of rotatable bonds is 4. The van der Waals surface area contributed by atoms with Crippen LogP contribution >= 0.6 is 0 Å². The first-order valence-electron chi connectivity index (χ1n) is 5.63. The molecule has 0 saturated heterocycles. The molecule has 2 aromatic rings. The summed E-state index contributed by atoms with van der Waals surface area (Å²) in [6.45, 7) is 0. The Labute approximate surface area is 117 Å². The van der Waals surface area contributed by atoms with Gasteiger partial charge in [-0.1, -0.05) is 6.07 Å². The van der Waals surface area contributed by atoms with E-state index in [0.717, 1.165) is 18.2 Å². The van der Waals surface area contributed by atoms with Crippen molar-refractivity contribution in [3.63, 3.8) is 0 Å². The number of benzene rings is 1. The van der Waals surface area contributed by atoms with Gasteiger partial charge in [0, 0.05) is 18.3 Å². The van der Waals surface area contributed by atoms with Crippen LogP contribution in [0.15, 0.2) is 42.6 Å². The van der Waals surface area contributed by atoms with Crippen molar-refractivity contribution in [1.82, 2.24) is 4.98 Å². The van der Waals surface area contributed by atoms with E-state index < -0.39 is 27.1 Å². The Hall–Kier alpha value is -3.36. The van der Waals surface area contributed by atoms with Gasteiger partial charge in [-0.15, -0.1) is 0 Å². The molecule has 0 atom stereocenters. The minimum absolute atomic E-state index is 0.0495. The third kappa shape index (κ3) is 3.35. The fraction of sp³-hybridized carbons (Fsp3) is 0. The van der Waals surface area contributed by atoms with E-state index in [0.29, 0.717) is 0 Å². The number of pyridine rings is 1. The normalized spacial score (nSPS) is 9.90. The van der Waals surface area contributed by atoms with Gasteiger partial charge in [0.05, 0.1) is 21.6 Å². The SMILES string of the molecule is O=C(Nc1cc([N+](=O)[O-])cc([N+](=O)[O-])c1)c1ccccn1. The van der Waals surface area contributed by atoms with Gasteiger partial charge in [-0.25, -0.2) is 0 Å². The molecular weight excluding hydrogens is 280 g/mol. The number of non-ortho nitro benzene ring substituents is 2. The number of anilines is 1. The molecule has 0 unspecified atom stereocenters. The number of nitrogens with zero attached hydrogens (tertiary/aromatic N) is 3. The number of nitro groups is 2. The molecule has 106 valence electrons. The number of nitro benzene ring substituents is 2. The van der Waals surface area contributed by atoms with Crippen molar-refractivity contribution in [2.24, 2.45) is 0 Å². The lowest BCUT2D eigenvalue weighted by atomic mass is 10.2. The number of nitrogens with one attached hydrogen (secondary N) is 1. The Morgan fingerprint density at radius 3 is 2.14 bits per heavy atom. The third-order valence-corrected chi connectivity index (χ3v) is 2.48. The summed E-state index contributed by atoms with van der Waals surface area (Å²) in [6, 6.07) is 7.55. The lowest BCUT2D eigenvalue weighted by Gasteiger charge is -2.04. The molecule has 1 heterocycles. The predicted octanol–water partition coefficient (Wildman–Crippen LogP) is 2.15. The smallest absolute Gasteiger partial charge is 0.278 e. The highest BCUT2D eigenvalue weighted by atomic mass is 16.6. The van der Waals surface area contributed by atoms with Crippen LogP contribution in [0, 0.1) is 20.2 Å². The molecule has 0 radical (unpaired) electrons. The van der Waals surface area contributed by atoms with Crippen LogP contribution in [0.2, 0.25) is 0 Å². The van der Waals surface area contributed by atoms with Crippen molar-refractivity contribution in [3.8, 4) is 0 Å². The minimum atomic E-state index is -0.774. The topological polar surface area (TPSA) is 128 Å². The van der Waals surface area contributed by atoms with Crippen molar-refractivity contribution in [1.29, 1.82) is 0 Å². The highest BCUT2D eigenvalue weighted by Gasteiger charge is 2.18. The molecule has 0 saturated carbocycles. The number of carbonyl (C=O) groups is 1. The van der Waals surface area contributed by atoms with Crippen molar-refractivity contribution >= 4 is 23.0 Å². The minimum Gasteiger partial charge on any atom is -0.320 e. The number of aromatic nitrogens is 1. The van der Waals surface area contributed by atoms with Crippen LogP contribution in [0.5, 0.6) is 0 Å². The second-order valence-corrected chi connectivity index (χ2v) is 3.92. The fourth-order valence-electron chi connectivity index (χ4n) is 1.57. The van der Waals surface area contributed by atoms with Crippen LogP contribution in [0.3, 0.4) is 0 Å². The van der Waals surface area contributed by atoms with E-state index in [9.17, 15) is 25.0 Å². The van der Waals surface area contributed by atoms with Gasteiger partial charge in [0.25, 0.3) is 17.3 Å². The standard InChI is InChI=1S/C12H8N4O5/c17-12(11-3-1-2-4-13-11)14-8-5-9(15(18)19)7-10(6-8)16(20)21/h1-7H,(H,14,17). The zero-order valence-corrected chi connectivity index (χ0v) is 10.4. The molecule has 21 heavy (non-hydrogen) atoms. The number of hydrogen-bond acceptors (Lipinski definition) is 6.